The van der Waals surface area contributed by atoms with Crippen molar-refractivity contribution in [3.8, 4) is 5.75 Å². The van der Waals surface area contributed by atoms with Crippen LogP contribution in [0.5, 0.6) is 5.75 Å². The van der Waals surface area contributed by atoms with Gasteiger partial charge in [-0.1, -0.05) is 29.8 Å². The van der Waals surface area contributed by atoms with Crippen molar-refractivity contribution in [2.75, 3.05) is 0 Å². The summed E-state index contributed by atoms with van der Waals surface area (Å²) in [6, 6.07) is 15.4. The molecular formula is C20H17N3O2S. The van der Waals surface area contributed by atoms with Gasteiger partial charge in [0.15, 0.2) is 0 Å². The van der Waals surface area contributed by atoms with Crippen molar-refractivity contribution in [1.29, 1.82) is 0 Å². The maximum atomic E-state index is 12.7. The Morgan fingerprint density at radius 1 is 1.15 bits per heavy atom. The van der Waals surface area contributed by atoms with E-state index in [2.05, 4.69) is 9.97 Å². The lowest BCUT2D eigenvalue weighted by Gasteiger charge is -2.05. The number of hydrogen-bond acceptors (Lipinski definition) is 5. The van der Waals surface area contributed by atoms with Crippen molar-refractivity contribution < 1.29 is 4.74 Å². The Morgan fingerprint density at radius 3 is 2.85 bits per heavy atom. The van der Waals surface area contributed by atoms with Crippen LogP contribution in [0.2, 0.25) is 0 Å². The molecule has 0 aliphatic heterocycles. The predicted molar refractivity (Wildman–Crippen MR) is 103 cm³/mol. The van der Waals surface area contributed by atoms with Gasteiger partial charge in [0.05, 0.1) is 29.5 Å². The molecule has 0 aliphatic rings. The van der Waals surface area contributed by atoms with Gasteiger partial charge in [0.25, 0.3) is 5.56 Å². The van der Waals surface area contributed by atoms with Gasteiger partial charge < -0.3 is 4.74 Å². The summed E-state index contributed by atoms with van der Waals surface area (Å²) in [4.78, 5) is 21.6. The fraction of sp³-hybridized carbons (Fsp3) is 0.150. The summed E-state index contributed by atoms with van der Waals surface area (Å²) in [5, 5.41) is 3.47. The zero-order valence-corrected chi connectivity index (χ0v) is 15.1. The molecule has 0 saturated heterocycles. The van der Waals surface area contributed by atoms with Crippen LogP contribution in [0.3, 0.4) is 0 Å². The maximum Gasteiger partial charge on any atom is 0.261 e. The second-order valence-electron chi connectivity index (χ2n) is 6.03. The third kappa shape index (κ3) is 3.50. The third-order valence-electron chi connectivity index (χ3n) is 4.02. The molecule has 0 atom stereocenters. The van der Waals surface area contributed by atoms with Crippen molar-refractivity contribution in [3.05, 3.63) is 86.9 Å². The van der Waals surface area contributed by atoms with Gasteiger partial charge in [0.2, 0.25) is 0 Å². The molecule has 5 nitrogen and oxygen atoms in total. The van der Waals surface area contributed by atoms with Gasteiger partial charge in [-0.2, -0.15) is 0 Å². The van der Waals surface area contributed by atoms with E-state index in [0.29, 0.717) is 24.1 Å². The topological polar surface area (TPSA) is 57.0 Å². The largest absolute Gasteiger partial charge is 0.486 e. The van der Waals surface area contributed by atoms with Gasteiger partial charge in [0.1, 0.15) is 17.4 Å². The molecule has 2 aromatic heterocycles. The number of fused-ring (bicyclic) bond motifs is 1. The predicted octanol–water partition coefficient (Wildman–Crippen LogP) is 3.79. The summed E-state index contributed by atoms with van der Waals surface area (Å²) in [6.07, 6.45) is 1.58. The van der Waals surface area contributed by atoms with Gasteiger partial charge in [-0.25, -0.2) is 9.97 Å². The highest BCUT2D eigenvalue weighted by Gasteiger charge is 2.08. The molecule has 4 rings (SSSR count). The van der Waals surface area contributed by atoms with E-state index in [-0.39, 0.29) is 5.56 Å². The molecule has 2 heterocycles. The van der Waals surface area contributed by atoms with Gasteiger partial charge in [0, 0.05) is 5.38 Å². The highest BCUT2D eigenvalue weighted by Crippen LogP contribution is 2.16. The molecular weight excluding hydrogens is 346 g/mol. The quantitative estimate of drug-likeness (QED) is 0.541. The zero-order chi connectivity index (χ0) is 17.9. The lowest BCUT2D eigenvalue weighted by atomic mass is 10.2. The standard InChI is InChI=1S/C20H17N3O2S/c1-14-7-8-18-17(9-14)20(24)23(13-21-18)10-15-12-26-19(22-15)11-25-16-5-3-2-4-6-16/h2-9,12-13H,10-11H2,1H3. The molecule has 0 fully saturated rings. The Labute approximate surface area is 154 Å². The highest BCUT2D eigenvalue weighted by molar-refractivity contribution is 7.09. The third-order valence-corrected chi connectivity index (χ3v) is 4.89. The Morgan fingerprint density at radius 2 is 2.00 bits per heavy atom. The average Bonchev–Trinajstić information content (AvgIpc) is 3.11. The van der Waals surface area contributed by atoms with E-state index in [4.69, 9.17) is 4.74 Å². The lowest BCUT2D eigenvalue weighted by Crippen LogP contribution is -2.21. The van der Waals surface area contributed by atoms with Gasteiger partial charge in [-0.3, -0.25) is 9.36 Å². The Balaban J connectivity index is 1.51. The molecule has 0 saturated carbocycles. The molecule has 130 valence electrons. The van der Waals surface area contributed by atoms with Crippen LogP contribution in [-0.2, 0) is 13.2 Å². The summed E-state index contributed by atoms with van der Waals surface area (Å²) in [5.74, 6) is 0.814. The Bertz CT molecular complexity index is 1100. The maximum absolute atomic E-state index is 12.7. The first kappa shape index (κ1) is 16.5. The fourth-order valence-electron chi connectivity index (χ4n) is 2.71. The molecule has 4 aromatic rings. The number of aromatic nitrogens is 3. The number of aryl methyl sites for hydroxylation is 1. The number of hydrogen-bond donors (Lipinski definition) is 0. The van der Waals surface area contributed by atoms with Crippen LogP contribution in [-0.4, -0.2) is 14.5 Å². The first-order valence-corrected chi connectivity index (χ1v) is 9.14. The zero-order valence-electron chi connectivity index (χ0n) is 14.3. The van der Waals surface area contributed by atoms with Crippen LogP contribution >= 0.6 is 11.3 Å². The number of para-hydroxylation sites is 1. The number of benzene rings is 2. The van der Waals surface area contributed by atoms with Crippen molar-refractivity contribution in [2.24, 2.45) is 0 Å². The van der Waals surface area contributed by atoms with E-state index in [1.54, 1.807) is 10.9 Å². The van der Waals surface area contributed by atoms with Crippen LogP contribution in [0.1, 0.15) is 16.3 Å². The summed E-state index contributed by atoms with van der Waals surface area (Å²) in [6.45, 7) is 2.78. The number of rotatable bonds is 5. The molecule has 2 aromatic carbocycles. The molecule has 0 N–H and O–H groups in total. The number of nitrogens with zero attached hydrogens (tertiary/aromatic N) is 3. The van der Waals surface area contributed by atoms with E-state index < -0.39 is 0 Å². The molecule has 0 radical (unpaired) electrons. The molecule has 0 aliphatic carbocycles. The second-order valence-corrected chi connectivity index (χ2v) is 6.98. The molecule has 6 heteroatoms. The summed E-state index contributed by atoms with van der Waals surface area (Å²) in [5.41, 5.74) is 2.54. The minimum Gasteiger partial charge on any atom is -0.486 e. The Hall–Kier alpha value is -2.99. The van der Waals surface area contributed by atoms with Crippen LogP contribution in [0, 0.1) is 6.92 Å². The van der Waals surface area contributed by atoms with Gasteiger partial charge >= 0.3 is 0 Å². The van der Waals surface area contributed by atoms with E-state index in [0.717, 1.165) is 22.0 Å². The summed E-state index contributed by atoms with van der Waals surface area (Å²) >= 11 is 1.53. The van der Waals surface area contributed by atoms with Crippen molar-refractivity contribution >= 4 is 22.2 Å². The van der Waals surface area contributed by atoms with E-state index >= 15 is 0 Å². The summed E-state index contributed by atoms with van der Waals surface area (Å²) in [7, 11) is 0. The van der Waals surface area contributed by atoms with Gasteiger partial charge in [-0.05, 0) is 31.2 Å². The van der Waals surface area contributed by atoms with Crippen molar-refractivity contribution in [1.82, 2.24) is 14.5 Å². The molecule has 0 spiro atoms. The number of ether oxygens (including phenoxy) is 1. The SMILES string of the molecule is Cc1ccc2ncn(Cc3csc(COc4ccccc4)n3)c(=O)c2c1. The van der Waals surface area contributed by atoms with Crippen LogP contribution in [0.15, 0.2) is 65.0 Å². The van der Waals surface area contributed by atoms with Crippen LogP contribution in [0.4, 0.5) is 0 Å². The molecule has 0 bridgehead atoms. The fourth-order valence-corrected chi connectivity index (χ4v) is 3.41. The smallest absolute Gasteiger partial charge is 0.261 e. The first-order valence-electron chi connectivity index (χ1n) is 8.26. The minimum atomic E-state index is -0.0474. The van der Waals surface area contributed by atoms with Crippen molar-refractivity contribution in [3.63, 3.8) is 0 Å². The van der Waals surface area contributed by atoms with Crippen molar-refractivity contribution in [2.45, 2.75) is 20.1 Å². The normalized spacial score (nSPS) is 11.0. The average molecular weight is 363 g/mol. The molecule has 26 heavy (non-hydrogen) atoms. The monoisotopic (exact) mass is 363 g/mol. The van der Waals surface area contributed by atoms with E-state index in [9.17, 15) is 4.79 Å². The van der Waals surface area contributed by atoms with Crippen LogP contribution in [0.25, 0.3) is 10.9 Å². The van der Waals surface area contributed by atoms with Gasteiger partial charge in [-0.15, -0.1) is 11.3 Å². The first-order chi connectivity index (χ1) is 12.7. The lowest BCUT2D eigenvalue weighted by molar-refractivity contribution is 0.305. The highest BCUT2D eigenvalue weighted by atomic mass is 32.1. The van der Waals surface area contributed by atoms with E-state index in [1.165, 1.54) is 11.3 Å². The van der Waals surface area contributed by atoms with E-state index in [1.807, 2.05) is 60.8 Å². The molecule has 0 amide bonds. The van der Waals surface area contributed by atoms with Crippen LogP contribution < -0.4 is 10.3 Å². The Kier molecular flexibility index (Phi) is 4.50. The second kappa shape index (κ2) is 7.09. The summed E-state index contributed by atoms with van der Waals surface area (Å²) < 4.78 is 7.31. The number of thiazole rings is 1. The molecule has 0 unspecified atom stereocenters. The minimum absolute atomic E-state index is 0.0474.